The van der Waals surface area contributed by atoms with E-state index in [-0.39, 0.29) is 24.9 Å². The van der Waals surface area contributed by atoms with Crippen molar-refractivity contribution in [2.45, 2.75) is 70.2 Å². The van der Waals surface area contributed by atoms with Crippen molar-refractivity contribution in [1.29, 1.82) is 0 Å². The number of carbonyl (C=O) groups is 1. The zero-order valence-electron chi connectivity index (χ0n) is 18.0. The van der Waals surface area contributed by atoms with Gasteiger partial charge in [-0.3, -0.25) is 4.79 Å². The Kier molecular flexibility index (Phi) is 7.35. The average molecular weight is 422 g/mol. The molecule has 1 aliphatic heterocycles. The van der Waals surface area contributed by atoms with E-state index in [1.54, 1.807) is 10.4 Å². The molecule has 0 radical (unpaired) electrons. The lowest BCUT2D eigenvalue weighted by atomic mass is 9.95. The molecule has 1 aromatic rings. The van der Waals surface area contributed by atoms with Crippen molar-refractivity contribution in [3.63, 3.8) is 0 Å². The highest BCUT2D eigenvalue weighted by Crippen LogP contribution is 2.30. The standard InChI is InChI=1S/C22H35N3O3S/c1-17-15-19(3)21(16-18(17)2)29(27,28)25(20-7-5-4-6-8-20)12-9-22(26)24-13-10-23-11-14-24/h15-16,20,23H,4-14H2,1-3H3. The molecule has 1 saturated heterocycles. The Hall–Kier alpha value is -1.44. The van der Waals surface area contributed by atoms with Gasteiger partial charge < -0.3 is 10.2 Å². The molecule has 1 N–H and O–H groups in total. The summed E-state index contributed by atoms with van der Waals surface area (Å²) >= 11 is 0. The zero-order chi connectivity index (χ0) is 21.0. The highest BCUT2D eigenvalue weighted by Gasteiger charge is 2.34. The van der Waals surface area contributed by atoms with Crippen LogP contribution in [-0.2, 0) is 14.8 Å². The van der Waals surface area contributed by atoms with Crippen molar-refractivity contribution in [3.8, 4) is 0 Å². The summed E-state index contributed by atoms with van der Waals surface area (Å²) in [6, 6.07) is 3.74. The fourth-order valence-electron chi connectivity index (χ4n) is 4.48. The van der Waals surface area contributed by atoms with Crippen LogP contribution in [0.25, 0.3) is 0 Å². The maximum atomic E-state index is 13.7. The van der Waals surface area contributed by atoms with Crippen LogP contribution >= 0.6 is 0 Å². The second kappa shape index (κ2) is 9.58. The van der Waals surface area contributed by atoms with Gasteiger partial charge in [0, 0.05) is 45.2 Å². The molecule has 162 valence electrons. The van der Waals surface area contributed by atoms with Gasteiger partial charge in [-0.15, -0.1) is 0 Å². The number of amides is 1. The quantitative estimate of drug-likeness (QED) is 0.767. The fraction of sp³-hybridized carbons (Fsp3) is 0.682. The molecule has 1 saturated carbocycles. The van der Waals surface area contributed by atoms with E-state index in [1.807, 2.05) is 31.7 Å². The van der Waals surface area contributed by atoms with Crippen molar-refractivity contribution >= 4 is 15.9 Å². The van der Waals surface area contributed by atoms with Crippen LogP contribution in [-0.4, -0.2) is 62.3 Å². The first kappa shape index (κ1) is 22.2. The van der Waals surface area contributed by atoms with E-state index in [4.69, 9.17) is 0 Å². The molecule has 29 heavy (non-hydrogen) atoms. The smallest absolute Gasteiger partial charge is 0.243 e. The Morgan fingerprint density at radius 1 is 1.03 bits per heavy atom. The molecule has 0 bridgehead atoms. The van der Waals surface area contributed by atoms with Gasteiger partial charge in [-0.25, -0.2) is 8.42 Å². The molecule has 6 nitrogen and oxygen atoms in total. The van der Waals surface area contributed by atoms with Gasteiger partial charge in [0.25, 0.3) is 0 Å². The van der Waals surface area contributed by atoms with Gasteiger partial charge in [0.05, 0.1) is 4.90 Å². The summed E-state index contributed by atoms with van der Waals surface area (Å²) < 4.78 is 29.0. The maximum absolute atomic E-state index is 13.7. The fourth-order valence-corrected chi connectivity index (χ4v) is 6.46. The number of nitrogens with zero attached hydrogens (tertiary/aromatic N) is 2. The van der Waals surface area contributed by atoms with Crippen LogP contribution in [0.1, 0.15) is 55.2 Å². The Morgan fingerprint density at radius 2 is 1.66 bits per heavy atom. The molecular formula is C22H35N3O3S. The molecule has 7 heteroatoms. The van der Waals surface area contributed by atoms with Gasteiger partial charge in [-0.05, 0) is 56.4 Å². The van der Waals surface area contributed by atoms with Crippen LogP contribution in [0.2, 0.25) is 0 Å². The number of hydrogen-bond acceptors (Lipinski definition) is 4. The van der Waals surface area contributed by atoms with Crippen molar-refractivity contribution in [2.24, 2.45) is 0 Å². The molecule has 0 unspecified atom stereocenters. The topological polar surface area (TPSA) is 69.7 Å². The molecule has 1 aliphatic carbocycles. The zero-order valence-corrected chi connectivity index (χ0v) is 18.9. The van der Waals surface area contributed by atoms with E-state index in [1.165, 1.54) is 0 Å². The third-order valence-corrected chi connectivity index (χ3v) is 8.47. The summed E-state index contributed by atoms with van der Waals surface area (Å²) in [4.78, 5) is 14.9. The minimum Gasteiger partial charge on any atom is -0.340 e. The number of sulfonamides is 1. The second-order valence-corrected chi connectivity index (χ2v) is 10.3. The van der Waals surface area contributed by atoms with Crippen molar-refractivity contribution in [1.82, 2.24) is 14.5 Å². The Bertz CT molecular complexity index is 826. The first-order chi connectivity index (χ1) is 13.8. The van der Waals surface area contributed by atoms with E-state index in [9.17, 15) is 13.2 Å². The summed E-state index contributed by atoms with van der Waals surface area (Å²) in [6.45, 7) is 9.09. The van der Waals surface area contributed by atoms with E-state index in [0.717, 1.165) is 61.9 Å². The molecule has 0 aromatic heterocycles. The largest absolute Gasteiger partial charge is 0.340 e. The lowest BCUT2D eigenvalue weighted by molar-refractivity contribution is -0.131. The SMILES string of the molecule is Cc1cc(C)c(S(=O)(=O)N(CCC(=O)N2CCNCC2)C2CCCCC2)cc1C. The summed E-state index contributed by atoms with van der Waals surface area (Å²) in [6.07, 6.45) is 5.27. The minimum absolute atomic E-state index is 0.00872. The number of piperazine rings is 1. The second-order valence-electron chi connectivity index (χ2n) is 8.49. The van der Waals surface area contributed by atoms with Gasteiger partial charge in [0.15, 0.2) is 0 Å². The van der Waals surface area contributed by atoms with Gasteiger partial charge in [0.1, 0.15) is 0 Å². The predicted octanol–water partition coefficient (Wildman–Crippen LogP) is 2.76. The van der Waals surface area contributed by atoms with E-state index in [0.29, 0.717) is 18.0 Å². The lowest BCUT2D eigenvalue weighted by Crippen LogP contribution is -2.48. The van der Waals surface area contributed by atoms with Crippen LogP contribution < -0.4 is 5.32 Å². The Balaban J connectivity index is 1.84. The number of benzene rings is 1. The van der Waals surface area contributed by atoms with Gasteiger partial charge in [0.2, 0.25) is 15.9 Å². The van der Waals surface area contributed by atoms with Crippen LogP contribution in [0, 0.1) is 20.8 Å². The molecule has 0 spiro atoms. The van der Waals surface area contributed by atoms with Crippen molar-refractivity contribution < 1.29 is 13.2 Å². The van der Waals surface area contributed by atoms with Crippen LogP contribution in [0.5, 0.6) is 0 Å². The molecule has 1 amide bonds. The molecular weight excluding hydrogens is 386 g/mol. The number of carbonyl (C=O) groups excluding carboxylic acids is 1. The van der Waals surface area contributed by atoms with Gasteiger partial charge in [-0.2, -0.15) is 4.31 Å². The van der Waals surface area contributed by atoms with Crippen LogP contribution in [0.3, 0.4) is 0 Å². The average Bonchev–Trinajstić information content (AvgIpc) is 2.72. The number of nitrogens with one attached hydrogen (secondary N) is 1. The molecule has 1 heterocycles. The van der Waals surface area contributed by atoms with Crippen LogP contribution in [0.4, 0.5) is 0 Å². The number of hydrogen-bond donors (Lipinski definition) is 1. The first-order valence-corrected chi connectivity index (χ1v) is 12.3. The van der Waals surface area contributed by atoms with E-state index in [2.05, 4.69) is 5.32 Å². The number of rotatable bonds is 6. The highest BCUT2D eigenvalue weighted by molar-refractivity contribution is 7.89. The lowest BCUT2D eigenvalue weighted by Gasteiger charge is -2.34. The minimum atomic E-state index is -3.65. The number of aryl methyl sites for hydroxylation is 3. The van der Waals surface area contributed by atoms with Crippen LogP contribution in [0.15, 0.2) is 17.0 Å². The van der Waals surface area contributed by atoms with E-state index < -0.39 is 10.0 Å². The molecule has 3 rings (SSSR count). The predicted molar refractivity (Wildman–Crippen MR) is 115 cm³/mol. The Labute approximate surface area is 175 Å². The summed E-state index contributed by atoms with van der Waals surface area (Å²) in [5.74, 6) is 0.0549. The molecule has 0 atom stereocenters. The Morgan fingerprint density at radius 3 is 2.31 bits per heavy atom. The summed E-state index contributed by atoms with van der Waals surface area (Å²) in [5, 5.41) is 3.25. The highest BCUT2D eigenvalue weighted by atomic mass is 32.2. The summed E-state index contributed by atoms with van der Waals surface area (Å²) in [7, 11) is -3.65. The third-order valence-electron chi connectivity index (χ3n) is 6.38. The third kappa shape index (κ3) is 5.19. The van der Waals surface area contributed by atoms with Gasteiger partial charge >= 0.3 is 0 Å². The maximum Gasteiger partial charge on any atom is 0.243 e. The van der Waals surface area contributed by atoms with Crippen molar-refractivity contribution in [3.05, 3.63) is 28.8 Å². The first-order valence-electron chi connectivity index (χ1n) is 10.9. The summed E-state index contributed by atoms with van der Waals surface area (Å²) in [5.41, 5.74) is 2.86. The molecule has 2 fully saturated rings. The van der Waals surface area contributed by atoms with Gasteiger partial charge in [-0.1, -0.05) is 25.3 Å². The van der Waals surface area contributed by atoms with Crippen molar-refractivity contribution in [2.75, 3.05) is 32.7 Å². The normalized spacial score (nSPS) is 19.0. The van der Waals surface area contributed by atoms with E-state index >= 15 is 0 Å². The molecule has 1 aromatic carbocycles. The molecule has 2 aliphatic rings. The monoisotopic (exact) mass is 421 g/mol.